The van der Waals surface area contributed by atoms with Crippen LogP contribution >= 0.6 is 0 Å². The number of anilines is 1. The normalized spacial score (nSPS) is 12.1. The van der Waals surface area contributed by atoms with E-state index in [4.69, 9.17) is 4.74 Å². The maximum atomic E-state index is 5.48. The van der Waals surface area contributed by atoms with Gasteiger partial charge in [-0.3, -0.25) is 0 Å². The second-order valence-electron chi connectivity index (χ2n) is 4.37. The molecule has 2 aromatic heterocycles. The first kappa shape index (κ1) is 13.3. The van der Waals surface area contributed by atoms with Crippen LogP contribution in [-0.4, -0.2) is 32.2 Å². The molecule has 0 aliphatic rings. The second-order valence-corrected chi connectivity index (χ2v) is 4.37. The third kappa shape index (κ3) is 4.24. The summed E-state index contributed by atoms with van der Waals surface area (Å²) in [7, 11) is 0. The first-order valence-electron chi connectivity index (χ1n) is 6.46. The van der Waals surface area contributed by atoms with E-state index in [-0.39, 0.29) is 6.04 Å². The average molecular weight is 261 g/mol. The van der Waals surface area contributed by atoms with Gasteiger partial charge in [0.2, 0.25) is 11.8 Å². The highest BCUT2D eigenvalue weighted by Gasteiger charge is 2.06. The Morgan fingerprint density at radius 2 is 2.32 bits per heavy atom. The Morgan fingerprint density at radius 1 is 1.42 bits per heavy atom. The molecule has 0 aliphatic heterocycles. The quantitative estimate of drug-likeness (QED) is 0.825. The molecule has 0 amide bonds. The highest BCUT2D eigenvalue weighted by molar-refractivity contribution is 5.28. The number of imidazole rings is 1. The molecule has 6 nitrogen and oxygen atoms in total. The van der Waals surface area contributed by atoms with Gasteiger partial charge < -0.3 is 14.6 Å². The Balaban J connectivity index is 1.90. The fourth-order valence-corrected chi connectivity index (χ4v) is 1.68. The zero-order chi connectivity index (χ0) is 13.5. The number of hydrogen-bond donors (Lipinski definition) is 1. The molecule has 0 radical (unpaired) electrons. The lowest BCUT2D eigenvalue weighted by atomic mass is 10.3. The first-order valence-corrected chi connectivity index (χ1v) is 6.46. The minimum atomic E-state index is 0.204. The van der Waals surface area contributed by atoms with E-state index in [9.17, 15) is 0 Å². The molecule has 6 heteroatoms. The minimum absolute atomic E-state index is 0.204. The van der Waals surface area contributed by atoms with Crippen LogP contribution in [0.5, 0.6) is 5.88 Å². The van der Waals surface area contributed by atoms with Crippen LogP contribution < -0.4 is 10.1 Å². The molecule has 0 spiro atoms. The van der Waals surface area contributed by atoms with Crippen LogP contribution in [0.3, 0.4) is 0 Å². The molecular formula is C13H19N5O. The summed E-state index contributed by atoms with van der Waals surface area (Å²) in [6.45, 7) is 5.61. The van der Waals surface area contributed by atoms with Crippen molar-refractivity contribution in [3.63, 3.8) is 0 Å². The Hall–Kier alpha value is -2.11. The van der Waals surface area contributed by atoms with Crippen LogP contribution in [0.4, 0.5) is 5.95 Å². The molecule has 102 valence electrons. The summed E-state index contributed by atoms with van der Waals surface area (Å²) in [5, 5.41) is 3.25. The van der Waals surface area contributed by atoms with Crippen molar-refractivity contribution < 1.29 is 4.74 Å². The fraction of sp³-hybridized carbons (Fsp3) is 0.462. The maximum Gasteiger partial charge on any atom is 0.226 e. The van der Waals surface area contributed by atoms with Crippen molar-refractivity contribution in [1.82, 2.24) is 19.5 Å². The molecule has 1 unspecified atom stereocenters. The number of rotatable bonds is 7. The molecule has 2 heterocycles. The molecule has 0 saturated heterocycles. The van der Waals surface area contributed by atoms with Gasteiger partial charge >= 0.3 is 0 Å². The summed E-state index contributed by atoms with van der Waals surface area (Å²) < 4.78 is 7.49. The van der Waals surface area contributed by atoms with Gasteiger partial charge in [0.25, 0.3) is 0 Å². The molecule has 0 aliphatic carbocycles. The summed E-state index contributed by atoms with van der Waals surface area (Å²) in [4.78, 5) is 12.5. The lowest BCUT2D eigenvalue weighted by Crippen LogP contribution is -2.22. The van der Waals surface area contributed by atoms with E-state index < -0.39 is 0 Å². The second kappa shape index (κ2) is 6.72. The summed E-state index contributed by atoms with van der Waals surface area (Å²) in [5.74, 6) is 1.19. The third-order valence-corrected chi connectivity index (χ3v) is 2.50. The van der Waals surface area contributed by atoms with Crippen molar-refractivity contribution in [2.75, 3.05) is 11.9 Å². The topological polar surface area (TPSA) is 64.9 Å². The Kier molecular flexibility index (Phi) is 4.72. The average Bonchev–Trinajstić information content (AvgIpc) is 2.89. The van der Waals surface area contributed by atoms with Crippen molar-refractivity contribution in [3.05, 3.63) is 31.0 Å². The molecule has 0 bridgehead atoms. The van der Waals surface area contributed by atoms with E-state index in [1.807, 2.05) is 10.8 Å². The number of nitrogens with one attached hydrogen (secondary N) is 1. The lowest BCUT2D eigenvalue weighted by molar-refractivity contribution is 0.305. The van der Waals surface area contributed by atoms with Gasteiger partial charge in [-0.2, -0.15) is 4.98 Å². The van der Waals surface area contributed by atoms with Crippen molar-refractivity contribution in [2.45, 2.75) is 32.9 Å². The molecule has 0 fully saturated rings. The molecule has 0 saturated carbocycles. The zero-order valence-electron chi connectivity index (χ0n) is 11.3. The third-order valence-electron chi connectivity index (χ3n) is 2.50. The number of aromatic nitrogens is 4. The Morgan fingerprint density at radius 3 is 3.05 bits per heavy atom. The van der Waals surface area contributed by atoms with Gasteiger partial charge in [0.05, 0.1) is 12.9 Å². The summed E-state index contributed by atoms with van der Waals surface area (Å²) in [5.41, 5.74) is 0. The van der Waals surface area contributed by atoms with Crippen LogP contribution in [0.1, 0.15) is 20.3 Å². The highest BCUT2D eigenvalue weighted by atomic mass is 16.5. The summed E-state index contributed by atoms with van der Waals surface area (Å²) in [6, 6.07) is 1.97. The molecule has 1 N–H and O–H groups in total. The van der Waals surface area contributed by atoms with Gasteiger partial charge in [-0.1, -0.05) is 6.92 Å². The van der Waals surface area contributed by atoms with Gasteiger partial charge in [0, 0.05) is 37.2 Å². The van der Waals surface area contributed by atoms with Gasteiger partial charge in [-0.25, -0.2) is 9.97 Å². The van der Waals surface area contributed by atoms with E-state index in [0.29, 0.717) is 18.4 Å². The molecular weight excluding hydrogens is 242 g/mol. The first-order chi connectivity index (χ1) is 9.28. The zero-order valence-corrected chi connectivity index (χ0v) is 11.3. The van der Waals surface area contributed by atoms with Crippen LogP contribution in [-0.2, 0) is 6.54 Å². The van der Waals surface area contributed by atoms with Gasteiger partial charge in [0.1, 0.15) is 0 Å². The summed E-state index contributed by atoms with van der Waals surface area (Å²) >= 11 is 0. The SMILES string of the molecule is CCCOc1ccnc(NC(C)Cn2ccnc2)n1. The predicted octanol–water partition coefficient (Wildman–Crippen LogP) is 1.96. The van der Waals surface area contributed by atoms with E-state index in [1.54, 1.807) is 24.8 Å². The Labute approximate surface area is 112 Å². The number of ether oxygens (including phenoxy) is 1. The van der Waals surface area contributed by atoms with Gasteiger partial charge in [-0.05, 0) is 13.3 Å². The van der Waals surface area contributed by atoms with Crippen molar-refractivity contribution in [2.24, 2.45) is 0 Å². The van der Waals surface area contributed by atoms with E-state index >= 15 is 0 Å². The molecule has 2 rings (SSSR count). The highest BCUT2D eigenvalue weighted by Crippen LogP contribution is 2.10. The molecule has 2 aromatic rings. The van der Waals surface area contributed by atoms with Crippen molar-refractivity contribution in [3.8, 4) is 5.88 Å². The lowest BCUT2D eigenvalue weighted by Gasteiger charge is -2.14. The fourth-order valence-electron chi connectivity index (χ4n) is 1.68. The predicted molar refractivity (Wildman–Crippen MR) is 73.1 cm³/mol. The van der Waals surface area contributed by atoms with Crippen LogP contribution in [0, 0.1) is 0 Å². The van der Waals surface area contributed by atoms with E-state index in [0.717, 1.165) is 13.0 Å². The van der Waals surface area contributed by atoms with Crippen LogP contribution in [0.2, 0.25) is 0 Å². The van der Waals surface area contributed by atoms with Gasteiger partial charge in [0.15, 0.2) is 0 Å². The molecule has 19 heavy (non-hydrogen) atoms. The minimum Gasteiger partial charge on any atom is -0.478 e. The largest absolute Gasteiger partial charge is 0.478 e. The van der Waals surface area contributed by atoms with Crippen molar-refractivity contribution >= 4 is 5.95 Å². The standard InChI is InChI=1S/C13H19N5O/c1-3-8-19-12-4-5-15-13(17-12)16-11(2)9-18-7-6-14-10-18/h4-7,10-11H,3,8-9H2,1-2H3,(H,15,16,17). The Bertz CT molecular complexity index is 486. The monoisotopic (exact) mass is 261 g/mol. The van der Waals surface area contributed by atoms with E-state index in [1.165, 1.54) is 0 Å². The number of hydrogen-bond acceptors (Lipinski definition) is 5. The number of nitrogens with zero attached hydrogens (tertiary/aromatic N) is 4. The van der Waals surface area contributed by atoms with Gasteiger partial charge in [-0.15, -0.1) is 0 Å². The van der Waals surface area contributed by atoms with Crippen LogP contribution in [0.15, 0.2) is 31.0 Å². The smallest absolute Gasteiger partial charge is 0.226 e. The maximum absolute atomic E-state index is 5.48. The van der Waals surface area contributed by atoms with Crippen molar-refractivity contribution in [1.29, 1.82) is 0 Å². The molecule has 1 atom stereocenters. The summed E-state index contributed by atoms with van der Waals surface area (Å²) in [6.07, 6.45) is 8.15. The molecule has 0 aromatic carbocycles. The van der Waals surface area contributed by atoms with E-state index in [2.05, 4.69) is 34.1 Å². The van der Waals surface area contributed by atoms with Crippen LogP contribution in [0.25, 0.3) is 0 Å².